The number of nitrogens with zero attached hydrogens (tertiary/aromatic N) is 4. The van der Waals surface area contributed by atoms with Gasteiger partial charge in [0.05, 0.1) is 17.2 Å². The van der Waals surface area contributed by atoms with E-state index in [1.807, 2.05) is 0 Å². The van der Waals surface area contributed by atoms with Gasteiger partial charge < -0.3 is 9.52 Å². The van der Waals surface area contributed by atoms with Crippen molar-refractivity contribution >= 4 is 16.3 Å². The Morgan fingerprint density at radius 1 is 1.28 bits per heavy atom. The standard InChI is InChI=1S/C21H21FN4O2S/c1-13-4-2-10-25(12-13)17(14-6-8-15(22)9-7-14)18-20(27)26-21(29-18)23-19(24-26)16-5-3-11-28-16/h3,5-9,11,13,17,27H,2,4,10,12H2,1H3/t13-,17+/m0/s1. The average molecular weight is 412 g/mol. The molecule has 0 spiro atoms. The van der Waals surface area contributed by atoms with Crippen LogP contribution in [0.3, 0.4) is 0 Å². The van der Waals surface area contributed by atoms with Crippen LogP contribution in [0.4, 0.5) is 4.39 Å². The maximum absolute atomic E-state index is 13.5. The lowest BCUT2D eigenvalue weighted by molar-refractivity contribution is 0.149. The summed E-state index contributed by atoms with van der Waals surface area (Å²) in [5.74, 6) is 1.37. The van der Waals surface area contributed by atoms with Crippen LogP contribution in [0.1, 0.15) is 36.2 Å². The third-order valence-electron chi connectivity index (χ3n) is 5.43. The smallest absolute Gasteiger partial charge is 0.230 e. The van der Waals surface area contributed by atoms with Crippen LogP contribution in [0.15, 0.2) is 47.1 Å². The van der Waals surface area contributed by atoms with Crippen molar-refractivity contribution in [2.75, 3.05) is 13.1 Å². The number of piperidine rings is 1. The zero-order valence-corrected chi connectivity index (χ0v) is 16.8. The second kappa shape index (κ2) is 7.27. The second-order valence-corrected chi connectivity index (χ2v) is 8.60. The summed E-state index contributed by atoms with van der Waals surface area (Å²) in [6.07, 6.45) is 3.86. The van der Waals surface area contributed by atoms with Crippen molar-refractivity contribution in [1.82, 2.24) is 19.5 Å². The van der Waals surface area contributed by atoms with E-state index in [-0.39, 0.29) is 17.7 Å². The van der Waals surface area contributed by atoms with Gasteiger partial charge in [-0.1, -0.05) is 30.4 Å². The first-order valence-corrected chi connectivity index (χ1v) is 10.5. The number of furan rings is 1. The van der Waals surface area contributed by atoms with Gasteiger partial charge in [-0.15, -0.1) is 5.10 Å². The van der Waals surface area contributed by atoms with Gasteiger partial charge in [-0.25, -0.2) is 4.39 Å². The summed E-state index contributed by atoms with van der Waals surface area (Å²) in [5, 5.41) is 15.4. The van der Waals surface area contributed by atoms with Crippen molar-refractivity contribution in [2.45, 2.75) is 25.8 Å². The van der Waals surface area contributed by atoms with E-state index in [0.717, 1.165) is 30.0 Å². The maximum Gasteiger partial charge on any atom is 0.230 e. The molecule has 0 amide bonds. The number of halogens is 1. The quantitative estimate of drug-likeness (QED) is 0.526. The predicted octanol–water partition coefficient (Wildman–Crippen LogP) is 4.72. The Bertz CT molecular complexity index is 1120. The highest BCUT2D eigenvalue weighted by atomic mass is 32.1. The summed E-state index contributed by atoms with van der Waals surface area (Å²) in [7, 11) is 0. The fourth-order valence-corrected chi connectivity index (χ4v) is 5.19. The van der Waals surface area contributed by atoms with Crippen LogP contribution >= 0.6 is 11.3 Å². The van der Waals surface area contributed by atoms with Gasteiger partial charge in [-0.2, -0.15) is 9.50 Å². The number of benzene rings is 1. The Balaban J connectivity index is 1.59. The van der Waals surface area contributed by atoms with Crippen LogP contribution in [-0.2, 0) is 0 Å². The predicted molar refractivity (Wildman–Crippen MR) is 108 cm³/mol. The number of aromatic hydroxyl groups is 1. The second-order valence-electron chi connectivity index (χ2n) is 7.59. The molecule has 1 fully saturated rings. The van der Waals surface area contributed by atoms with Crippen molar-refractivity contribution in [3.63, 3.8) is 0 Å². The molecule has 1 N–H and O–H groups in total. The molecule has 4 aromatic rings. The molecule has 5 rings (SSSR count). The minimum absolute atomic E-state index is 0.0721. The Labute approximate surface area is 171 Å². The third-order valence-corrected chi connectivity index (χ3v) is 6.50. The Hall–Kier alpha value is -2.71. The van der Waals surface area contributed by atoms with Crippen molar-refractivity contribution < 1.29 is 13.9 Å². The van der Waals surface area contributed by atoms with E-state index in [1.54, 1.807) is 30.5 Å². The molecule has 0 radical (unpaired) electrons. The van der Waals surface area contributed by atoms with E-state index >= 15 is 0 Å². The number of hydrogen-bond donors (Lipinski definition) is 1. The molecular formula is C21H21FN4O2S. The number of fused-ring (bicyclic) bond motifs is 1. The lowest BCUT2D eigenvalue weighted by Crippen LogP contribution is -2.37. The van der Waals surface area contributed by atoms with Crippen LogP contribution in [0.25, 0.3) is 16.5 Å². The van der Waals surface area contributed by atoms with Crippen LogP contribution in [0, 0.1) is 11.7 Å². The Kier molecular flexibility index (Phi) is 4.60. The van der Waals surface area contributed by atoms with Gasteiger partial charge in [0.25, 0.3) is 0 Å². The first-order chi connectivity index (χ1) is 14.1. The zero-order chi connectivity index (χ0) is 20.0. The minimum atomic E-state index is -0.269. The van der Waals surface area contributed by atoms with E-state index in [0.29, 0.717) is 22.5 Å². The molecule has 8 heteroatoms. The summed E-state index contributed by atoms with van der Waals surface area (Å²) in [6.45, 7) is 4.09. The third kappa shape index (κ3) is 3.32. The number of hydrogen-bond acceptors (Lipinski definition) is 6. The molecule has 1 saturated heterocycles. The minimum Gasteiger partial charge on any atom is -0.492 e. The van der Waals surface area contributed by atoms with Gasteiger partial charge in [-0.3, -0.25) is 4.90 Å². The molecular weight excluding hydrogens is 391 g/mol. The highest BCUT2D eigenvalue weighted by Crippen LogP contribution is 2.41. The van der Waals surface area contributed by atoms with Gasteiger partial charge in [0, 0.05) is 6.54 Å². The fraction of sp³-hybridized carbons (Fsp3) is 0.333. The average Bonchev–Trinajstić information content (AvgIpc) is 3.43. The van der Waals surface area contributed by atoms with Crippen molar-refractivity contribution in [3.05, 3.63) is 58.9 Å². The highest BCUT2D eigenvalue weighted by Gasteiger charge is 2.32. The van der Waals surface area contributed by atoms with Crippen molar-refractivity contribution in [2.24, 2.45) is 5.92 Å². The van der Waals surface area contributed by atoms with Crippen molar-refractivity contribution in [3.8, 4) is 17.5 Å². The monoisotopic (exact) mass is 412 g/mol. The van der Waals surface area contributed by atoms with Crippen LogP contribution in [0.2, 0.25) is 0 Å². The molecule has 1 aliphatic heterocycles. The molecule has 6 nitrogen and oxygen atoms in total. The van der Waals surface area contributed by atoms with Crippen LogP contribution in [0.5, 0.6) is 5.88 Å². The maximum atomic E-state index is 13.5. The molecule has 0 unspecified atom stereocenters. The Morgan fingerprint density at radius 2 is 2.10 bits per heavy atom. The lowest BCUT2D eigenvalue weighted by atomic mass is 9.95. The van der Waals surface area contributed by atoms with Gasteiger partial charge in [-0.05, 0) is 55.1 Å². The summed E-state index contributed by atoms with van der Waals surface area (Å²) >= 11 is 1.41. The summed E-state index contributed by atoms with van der Waals surface area (Å²) in [5.41, 5.74) is 0.951. The molecule has 4 heterocycles. The first-order valence-electron chi connectivity index (χ1n) is 9.72. The van der Waals surface area contributed by atoms with Crippen LogP contribution in [-0.4, -0.2) is 37.7 Å². The van der Waals surface area contributed by atoms with Gasteiger partial charge in [0.2, 0.25) is 16.7 Å². The first kappa shape index (κ1) is 18.3. The van der Waals surface area contributed by atoms with Gasteiger partial charge in [0.15, 0.2) is 5.76 Å². The summed E-state index contributed by atoms with van der Waals surface area (Å²) in [6, 6.07) is 9.92. The molecule has 150 valence electrons. The molecule has 29 heavy (non-hydrogen) atoms. The van der Waals surface area contributed by atoms with Gasteiger partial charge >= 0.3 is 0 Å². The van der Waals surface area contributed by atoms with Crippen LogP contribution < -0.4 is 0 Å². The normalized spacial score (nSPS) is 19.0. The summed E-state index contributed by atoms with van der Waals surface area (Å²) < 4.78 is 20.4. The molecule has 0 aliphatic carbocycles. The fourth-order valence-electron chi connectivity index (χ4n) is 4.07. The molecule has 3 aromatic heterocycles. The molecule has 2 atom stereocenters. The van der Waals surface area contributed by atoms with E-state index in [2.05, 4.69) is 21.9 Å². The highest BCUT2D eigenvalue weighted by molar-refractivity contribution is 7.17. The molecule has 0 saturated carbocycles. The zero-order valence-electron chi connectivity index (χ0n) is 16.0. The SMILES string of the molecule is C[C@H]1CCCN([C@H](c2ccc(F)cc2)c2sc3nc(-c4ccco4)nn3c2O)C1. The molecule has 1 aromatic carbocycles. The number of rotatable bonds is 4. The topological polar surface area (TPSA) is 66.8 Å². The number of likely N-dealkylation sites (tertiary alicyclic amines) is 1. The summed E-state index contributed by atoms with van der Waals surface area (Å²) in [4.78, 5) is 8.25. The van der Waals surface area contributed by atoms with E-state index in [4.69, 9.17) is 4.42 Å². The number of aromatic nitrogens is 3. The van der Waals surface area contributed by atoms with E-state index < -0.39 is 0 Å². The van der Waals surface area contributed by atoms with Crippen molar-refractivity contribution in [1.29, 1.82) is 0 Å². The lowest BCUT2D eigenvalue weighted by Gasteiger charge is -2.37. The number of thiazole rings is 1. The van der Waals surface area contributed by atoms with Gasteiger partial charge in [0.1, 0.15) is 5.82 Å². The molecule has 1 aliphatic rings. The Morgan fingerprint density at radius 3 is 2.79 bits per heavy atom. The molecule has 0 bridgehead atoms. The largest absolute Gasteiger partial charge is 0.492 e. The van der Waals surface area contributed by atoms with E-state index in [9.17, 15) is 9.50 Å². The van der Waals surface area contributed by atoms with E-state index in [1.165, 1.54) is 34.4 Å².